The van der Waals surface area contributed by atoms with Gasteiger partial charge in [-0.25, -0.2) is 0 Å². The number of rotatable bonds is 4. The fourth-order valence-electron chi connectivity index (χ4n) is 1.82. The largest absolute Gasteiger partial charge is 0.390 e. The predicted octanol–water partition coefficient (Wildman–Crippen LogP) is 3.73. The molecule has 0 saturated carbocycles. The third-order valence-corrected chi connectivity index (χ3v) is 2.81. The first kappa shape index (κ1) is 14.0. The fraction of sp³-hybridized carbons (Fsp3) is 0.538. The molecule has 1 nitrogen and oxygen atoms in total. The maximum atomic E-state index is 12.2. The van der Waals surface area contributed by atoms with E-state index in [2.05, 4.69) is 5.32 Å². The molecule has 1 rings (SSSR count). The molecule has 0 spiro atoms. The topological polar surface area (TPSA) is 12.0 Å². The second-order valence-electron chi connectivity index (χ2n) is 4.47. The van der Waals surface area contributed by atoms with Crippen molar-refractivity contribution in [2.24, 2.45) is 0 Å². The molecule has 1 aromatic rings. The first-order valence-electron chi connectivity index (χ1n) is 5.65. The van der Waals surface area contributed by atoms with Crippen LogP contribution in [0.5, 0.6) is 0 Å². The van der Waals surface area contributed by atoms with Gasteiger partial charge in [0.05, 0.1) is 6.42 Å². The van der Waals surface area contributed by atoms with Crippen molar-refractivity contribution in [1.82, 2.24) is 5.32 Å². The van der Waals surface area contributed by atoms with E-state index in [4.69, 9.17) is 0 Å². The normalized spacial score (nSPS) is 13.8. The summed E-state index contributed by atoms with van der Waals surface area (Å²) in [4.78, 5) is 0. The molecule has 0 amide bonds. The van der Waals surface area contributed by atoms with E-state index < -0.39 is 18.6 Å². The van der Waals surface area contributed by atoms with Crippen LogP contribution in [0, 0.1) is 13.8 Å². The van der Waals surface area contributed by atoms with Gasteiger partial charge in [0.25, 0.3) is 0 Å². The number of benzene rings is 1. The van der Waals surface area contributed by atoms with E-state index in [1.54, 1.807) is 6.92 Å². The van der Waals surface area contributed by atoms with Crippen LogP contribution in [0.1, 0.15) is 30.0 Å². The maximum absolute atomic E-state index is 12.2. The Hall–Kier alpha value is -1.03. The molecule has 0 aromatic heterocycles. The third-order valence-electron chi connectivity index (χ3n) is 2.81. The van der Waals surface area contributed by atoms with E-state index in [1.807, 2.05) is 32.0 Å². The monoisotopic (exact) mass is 245 g/mol. The Morgan fingerprint density at radius 3 is 2.18 bits per heavy atom. The van der Waals surface area contributed by atoms with Crippen LogP contribution in [0.3, 0.4) is 0 Å². The number of nitrogens with one attached hydrogen (secondary N) is 1. The van der Waals surface area contributed by atoms with Crippen LogP contribution >= 0.6 is 0 Å². The molecule has 1 unspecified atom stereocenters. The van der Waals surface area contributed by atoms with Crippen molar-refractivity contribution in [3.63, 3.8) is 0 Å². The standard InChI is InChI=1S/C13H18F3N/c1-9-5-4-6-10(2)12(9)8-17-11(3)7-13(14,15)16/h4-6,11,17H,7-8H2,1-3H3. The highest BCUT2D eigenvalue weighted by atomic mass is 19.4. The number of hydrogen-bond acceptors (Lipinski definition) is 1. The number of alkyl halides is 3. The minimum Gasteiger partial charge on any atom is -0.310 e. The average Bonchev–Trinajstić information content (AvgIpc) is 2.14. The summed E-state index contributed by atoms with van der Waals surface area (Å²) >= 11 is 0. The van der Waals surface area contributed by atoms with Gasteiger partial charge in [0.2, 0.25) is 0 Å². The van der Waals surface area contributed by atoms with Gasteiger partial charge in [0.15, 0.2) is 0 Å². The molecule has 0 radical (unpaired) electrons. The number of aryl methyl sites for hydroxylation is 2. The second-order valence-corrected chi connectivity index (χ2v) is 4.47. The highest BCUT2D eigenvalue weighted by molar-refractivity contribution is 5.33. The lowest BCUT2D eigenvalue weighted by atomic mass is 10.0. The van der Waals surface area contributed by atoms with Gasteiger partial charge < -0.3 is 5.32 Å². The van der Waals surface area contributed by atoms with Crippen LogP contribution in [0.2, 0.25) is 0 Å². The summed E-state index contributed by atoms with van der Waals surface area (Å²) in [6.07, 6.45) is -4.90. The van der Waals surface area contributed by atoms with Crippen molar-refractivity contribution in [3.8, 4) is 0 Å². The van der Waals surface area contributed by atoms with Crippen LogP contribution in [0.25, 0.3) is 0 Å². The molecule has 0 fully saturated rings. The molecule has 0 aliphatic heterocycles. The molecule has 0 aliphatic carbocycles. The predicted molar refractivity (Wildman–Crippen MR) is 62.9 cm³/mol. The zero-order valence-electron chi connectivity index (χ0n) is 10.4. The van der Waals surface area contributed by atoms with Crippen LogP contribution < -0.4 is 5.32 Å². The minimum atomic E-state index is -4.10. The molecule has 0 bridgehead atoms. The van der Waals surface area contributed by atoms with E-state index >= 15 is 0 Å². The van der Waals surface area contributed by atoms with Gasteiger partial charge in [-0.05, 0) is 37.5 Å². The Morgan fingerprint density at radius 1 is 1.18 bits per heavy atom. The van der Waals surface area contributed by atoms with Crippen molar-refractivity contribution >= 4 is 0 Å². The Balaban J connectivity index is 2.56. The lowest BCUT2D eigenvalue weighted by Crippen LogP contribution is -2.31. The molecular formula is C13H18F3N. The lowest BCUT2D eigenvalue weighted by molar-refractivity contribution is -0.139. The van der Waals surface area contributed by atoms with Crippen LogP contribution in [-0.2, 0) is 6.54 Å². The third kappa shape index (κ3) is 4.77. The van der Waals surface area contributed by atoms with Gasteiger partial charge in [-0.3, -0.25) is 0 Å². The van der Waals surface area contributed by atoms with E-state index in [9.17, 15) is 13.2 Å². The van der Waals surface area contributed by atoms with Crippen LogP contribution in [0.15, 0.2) is 18.2 Å². The molecule has 1 atom stereocenters. The van der Waals surface area contributed by atoms with E-state index in [0.717, 1.165) is 16.7 Å². The Bertz CT molecular complexity index is 351. The molecule has 1 N–H and O–H groups in total. The number of halogens is 3. The number of hydrogen-bond donors (Lipinski definition) is 1. The SMILES string of the molecule is Cc1cccc(C)c1CNC(C)CC(F)(F)F. The highest BCUT2D eigenvalue weighted by Gasteiger charge is 2.29. The highest BCUT2D eigenvalue weighted by Crippen LogP contribution is 2.21. The molecular weight excluding hydrogens is 227 g/mol. The van der Waals surface area contributed by atoms with Crippen LogP contribution in [0.4, 0.5) is 13.2 Å². The van der Waals surface area contributed by atoms with Gasteiger partial charge in [-0.15, -0.1) is 0 Å². The molecule has 0 saturated heterocycles. The summed E-state index contributed by atoms with van der Waals surface area (Å²) in [5, 5.41) is 2.92. The van der Waals surface area contributed by atoms with Gasteiger partial charge in [-0.1, -0.05) is 18.2 Å². The Labute approximate surface area is 100 Å². The Morgan fingerprint density at radius 2 is 1.71 bits per heavy atom. The van der Waals surface area contributed by atoms with Crippen molar-refractivity contribution in [3.05, 3.63) is 34.9 Å². The van der Waals surface area contributed by atoms with Gasteiger partial charge in [-0.2, -0.15) is 13.2 Å². The fourth-order valence-corrected chi connectivity index (χ4v) is 1.82. The summed E-state index contributed by atoms with van der Waals surface area (Å²) in [7, 11) is 0. The van der Waals surface area contributed by atoms with Crippen molar-refractivity contribution in [2.75, 3.05) is 0 Å². The zero-order chi connectivity index (χ0) is 13.1. The first-order valence-corrected chi connectivity index (χ1v) is 5.65. The lowest BCUT2D eigenvalue weighted by Gasteiger charge is -2.17. The van der Waals surface area contributed by atoms with Gasteiger partial charge in [0.1, 0.15) is 0 Å². The Kier molecular flexibility index (Phi) is 4.57. The minimum absolute atomic E-state index is 0.482. The second kappa shape index (κ2) is 5.54. The summed E-state index contributed by atoms with van der Waals surface area (Å²) < 4.78 is 36.5. The molecule has 96 valence electrons. The van der Waals surface area contributed by atoms with Gasteiger partial charge in [0, 0.05) is 12.6 Å². The summed E-state index contributed by atoms with van der Waals surface area (Å²) in [6, 6.07) is 5.33. The van der Waals surface area contributed by atoms with Crippen molar-refractivity contribution in [1.29, 1.82) is 0 Å². The smallest absolute Gasteiger partial charge is 0.310 e. The molecule has 4 heteroatoms. The zero-order valence-corrected chi connectivity index (χ0v) is 10.4. The molecule has 1 aromatic carbocycles. The maximum Gasteiger partial charge on any atom is 0.390 e. The molecule has 0 heterocycles. The van der Waals surface area contributed by atoms with Crippen molar-refractivity contribution in [2.45, 2.75) is 46.0 Å². The van der Waals surface area contributed by atoms with Crippen molar-refractivity contribution < 1.29 is 13.2 Å². The average molecular weight is 245 g/mol. The summed E-state index contributed by atoms with van der Waals surface area (Å²) in [6.45, 7) is 5.98. The van der Waals surface area contributed by atoms with Gasteiger partial charge >= 0.3 is 6.18 Å². The first-order chi connectivity index (χ1) is 7.79. The summed E-state index contributed by atoms with van der Waals surface area (Å²) in [5.41, 5.74) is 3.30. The summed E-state index contributed by atoms with van der Waals surface area (Å²) in [5.74, 6) is 0. The molecule has 17 heavy (non-hydrogen) atoms. The quantitative estimate of drug-likeness (QED) is 0.852. The van der Waals surface area contributed by atoms with E-state index in [0.29, 0.717) is 6.54 Å². The van der Waals surface area contributed by atoms with Crippen LogP contribution in [-0.4, -0.2) is 12.2 Å². The molecule has 0 aliphatic rings. The van der Waals surface area contributed by atoms with E-state index in [-0.39, 0.29) is 0 Å². The van der Waals surface area contributed by atoms with E-state index in [1.165, 1.54) is 0 Å².